The summed E-state index contributed by atoms with van der Waals surface area (Å²) in [7, 11) is 1.87. The number of hydrogen-bond donors (Lipinski definition) is 1. The van der Waals surface area contributed by atoms with Gasteiger partial charge in [-0.3, -0.25) is 0 Å². The molecule has 0 fully saturated rings. The molecule has 0 aliphatic carbocycles. The Bertz CT molecular complexity index is 386. The Balaban J connectivity index is 2.76. The normalized spacial score (nSPS) is 9.81. The highest BCUT2D eigenvalue weighted by Crippen LogP contribution is 2.21. The monoisotopic (exact) mass is 220 g/mol. The highest BCUT2D eigenvalue weighted by atomic mass is 16.5. The topological polar surface area (TPSA) is 75.2 Å². The maximum Gasteiger partial charge on any atom is 0.152 e. The van der Waals surface area contributed by atoms with Gasteiger partial charge in [-0.05, 0) is 13.0 Å². The van der Waals surface area contributed by atoms with Crippen LogP contribution in [-0.2, 0) is 4.74 Å². The lowest BCUT2D eigenvalue weighted by Crippen LogP contribution is -2.24. The molecule has 0 aliphatic rings. The van der Waals surface area contributed by atoms with Crippen molar-refractivity contribution in [1.82, 2.24) is 4.98 Å². The molecule has 0 saturated heterocycles. The molecule has 0 atom stereocenters. The van der Waals surface area contributed by atoms with E-state index < -0.39 is 0 Å². The van der Waals surface area contributed by atoms with Crippen LogP contribution in [0.3, 0.4) is 0 Å². The van der Waals surface area contributed by atoms with Crippen molar-refractivity contribution in [3.05, 3.63) is 17.8 Å². The maximum absolute atomic E-state index is 8.84. The minimum Gasteiger partial charge on any atom is -0.395 e. The van der Waals surface area contributed by atoms with Crippen LogP contribution in [0.25, 0.3) is 0 Å². The summed E-state index contributed by atoms with van der Waals surface area (Å²) in [5.74, 6) is 0.624. The fourth-order valence-electron chi connectivity index (χ4n) is 1.32. The van der Waals surface area contributed by atoms with E-state index in [9.17, 15) is 0 Å². The predicted molar refractivity (Wildman–Crippen MR) is 63.1 cm³/mol. The predicted octanol–water partition coefficient (Wildman–Crippen LogP) is 1.01. The summed E-state index contributed by atoms with van der Waals surface area (Å²) in [6, 6.07) is 3.64. The van der Waals surface area contributed by atoms with E-state index in [-0.39, 0.29) is 0 Å². The molecule has 0 aromatic carbocycles. The second-order valence-electron chi connectivity index (χ2n) is 3.33. The zero-order valence-corrected chi connectivity index (χ0v) is 9.60. The van der Waals surface area contributed by atoms with Crippen molar-refractivity contribution < 1.29 is 4.74 Å². The largest absolute Gasteiger partial charge is 0.395 e. The summed E-state index contributed by atoms with van der Waals surface area (Å²) in [5, 5.41) is 8.84. The zero-order valence-electron chi connectivity index (χ0n) is 9.60. The van der Waals surface area contributed by atoms with Crippen molar-refractivity contribution in [2.24, 2.45) is 0 Å². The molecule has 16 heavy (non-hydrogen) atoms. The van der Waals surface area contributed by atoms with Crippen LogP contribution in [0.2, 0.25) is 0 Å². The van der Waals surface area contributed by atoms with Gasteiger partial charge >= 0.3 is 0 Å². The van der Waals surface area contributed by atoms with E-state index >= 15 is 0 Å². The van der Waals surface area contributed by atoms with Crippen molar-refractivity contribution in [3.63, 3.8) is 0 Å². The van der Waals surface area contributed by atoms with Gasteiger partial charge in [-0.15, -0.1) is 0 Å². The lowest BCUT2D eigenvalue weighted by atomic mass is 10.2. The number of rotatable bonds is 5. The molecular formula is C11H16N4O. The number of pyridine rings is 1. The first kappa shape index (κ1) is 12.3. The second kappa shape index (κ2) is 5.93. The van der Waals surface area contributed by atoms with Crippen LogP contribution in [0.4, 0.5) is 11.5 Å². The summed E-state index contributed by atoms with van der Waals surface area (Å²) in [4.78, 5) is 6.04. The van der Waals surface area contributed by atoms with Crippen LogP contribution in [0, 0.1) is 11.3 Å². The minimum atomic E-state index is 0.420. The first-order valence-electron chi connectivity index (χ1n) is 5.14. The first-order valence-corrected chi connectivity index (χ1v) is 5.14. The molecule has 5 heteroatoms. The van der Waals surface area contributed by atoms with Gasteiger partial charge in [0.25, 0.3) is 0 Å². The molecule has 86 valence electrons. The van der Waals surface area contributed by atoms with Gasteiger partial charge in [-0.25, -0.2) is 4.98 Å². The van der Waals surface area contributed by atoms with E-state index in [4.69, 9.17) is 15.7 Å². The number of anilines is 2. The highest BCUT2D eigenvalue weighted by molar-refractivity contribution is 5.69. The SMILES string of the molecule is CCOCCN(C)c1nccc(C#N)c1N. The summed E-state index contributed by atoms with van der Waals surface area (Å²) in [6.07, 6.45) is 1.58. The van der Waals surface area contributed by atoms with Gasteiger partial charge in [-0.2, -0.15) is 5.26 Å². The van der Waals surface area contributed by atoms with Gasteiger partial charge in [0, 0.05) is 26.4 Å². The number of nitrogens with two attached hydrogens (primary N) is 1. The first-order chi connectivity index (χ1) is 7.70. The van der Waals surface area contributed by atoms with E-state index in [1.165, 1.54) is 0 Å². The lowest BCUT2D eigenvalue weighted by molar-refractivity contribution is 0.154. The van der Waals surface area contributed by atoms with E-state index in [0.29, 0.717) is 36.8 Å². The van der Waals surface area contributed by atoms with E-state index in [1.807, 2.05) is 24.9 Å². The Morgan fingerprint density at radius 2 is 2.38 bits per heavy atom. The Labute approximate surface area is 95.4 Å². The van der Waals surface area contributed by atoms with Gasteiger partial charge in [0.15, 0.2) is 5.82 Å². The van der Waals surface area contributed by atoms with Crippen molar-refractivity contribution >= 4 is 11.5 Å². The number of nitriles is 1. The molecule has 0 radical (unpaired) electrons. The lowest BCUT2D eigenvalue weighted by Gasteiger charge is -2.19. The van der Waals surface area contributed by atoms with Crippen LogP contribution in [-0.4, -0.2) is 31.8 Å². The van der Waals surface area contributed by atoms with Crippen LogP contribution >= 0.6 is 0 Å². The molecule has 0 aliphatic heterocycles. The fraction of sp³-hybridized carbons (Fsp3) is 0.455. The summed E-state index contributed by atoms with van der Waals surface area (Å²) < 4.78 is 5.25. The number of aromatic nitrogens is 1. The molecule has 1 aromatic rings. The summed E-state index contributed by atoms with van der Waals surface area (Å²) >= 11 is 0. The van der Waals surface area contributed by atoms with Crippen LogP contribution in [0.15, 0.2) is 12.3 Å². The Hall–Kier alpha value is -1.80. The molecule has 1 rings (SSSR count). The molecule has 1 aromatic heterocycles. The standard InChI is InChI=1S/C11H16N4O/c1-3-16-7-6-15(2)11-10(13)9(8-12)4-5-14-11/h4-5H,3,6-7,13H2,1-2H3. The number of ether oxygens (including phenoxy) is 1. The third-order valence-corrected chi connectivity index (χ3v) is 2.23. The van der Waals surface area contributed by atoms with Gasteiger partial charge in [-0.1, -0.05) is 0 Å². The summed E-state index contributed by atoms with van der Waals surface area (Å²) in [6.45, 7) is 3.95. The second-order valence-corrected chi connectivity index (χ2v) is 3.33. The third kappa shape index (κ3) is 2.84. The van der Waals surface area contributed by atoms with Crippen molar-refractivity contribution in [1.29, 1.82) is 5.26 Å². The molecule has 0 saturated carbocycles. The number of nitrogens with zero attached hydrogens (tertiary/aromatic N) is 3. The van der Waals surface area contributed by atoms with Crippen LogP contribution in [0.5, 0.6) is 0 Å². The average Bonchev–Trinajstić information content (AvgIpc) is 2.29. The van der Waals surface area contributed by atoms with E-state index in [2.05, 4.69) is 4.98 Å². The Morgan fingerprint density at radius 1 is 1.62 bits per heavy atom. The molecule has 0 amide bonds. The van der Waals surface area contributed by atoms with Crippen LogP contribution in [0.1, 0.15) is 12.5 Å². The minimum absolute atomic E-state index is 0.420. The van der Waals surface area contributed by atoms with Crippen molar-refractivity contribution in [2.75, 3.05) is 37.4 Å². The smallest absolute Gasteiger partial charge is 0.152 e. The van der Waals surface area contributed by atoms with Crippen LogP contribution < -0.4 is 10.6 Å². The van der Waals surface area contributed by atoms with E-state index in [0.717, 1.165) is 0 Å². The average molecular weight is 220 g/mol. The quantitative estimate of drug-likeness (QED) is 0.749. The van der Waals surface area contributed by atoms with Crippen molar-refractivity contribution in [2.45, 2.75) is 6.92 Å². The van der Waals surface area contributed by atoms with Gasteiger partial charge in [0.05, 0.1) is 17.9 Å². The van der Waals surface area contributed by atoms with Gasteiger partial charge in [0.1, 0.15) is 6.07 Å². The number of likely N-dealkylation sites (N-methyl/N-ethyl adjacent to an activating group) is 1. The molecule has 2 N–H and O–H groups in total. The molecule has 1 heterocycles. The maximum atomic E-state index is 8.84. The zero-order chi connectivity index (χ0) is 12.0. The van der Waals surface area contributed by atoms with E-state index in [1.54, 1.807) is 12.3 Å². The molecule has 5 nitrogen and oxygen atoms in total. The summed E-state index contributed by atoms with van der Waals surface area (Å²) in [5.41, 5.74) is 6.70. The molecule has 0 bridgehead atoms. The fourth-order valence-corrected chi connectivity index (χ4v) is 1.32. The van der Waals surface area contributed by atoms with Crippen molar-refractivity contribution in [3.8, 4) is 6.07 Å². The third-order valence-electron chi connectivity index (χ3n) is 2.23. The molecular weight excluding hydrogens is 204 g/mol. The molecule has 0 unspecified atom stereocenters. The number of hydrogen-bond acceptors (Lipinski definition) is 5. The molecule has 0 spiro atoms. The Kier molecular flexibility index (Phi) is 4.55. The highest BCUT2D eigenvalue weighted by Gasteiger charge is 2.09. The van der Waals surface area contributed by atoms with Gasteiger partial charge in [0.2, 0.25) is 0 Å². The van der Waals surface area contributed by atoms with Gasteiger partial charge < -0.3 is 15.4 Å². The Morgan fingerprint density at radius 3 is 3.00 bits per heavy atom. The number of nitrogen functional groups attached to an aromatic ring is 1.